The summed E-state index contributed by atoms with van der Waals surface area (Å²) in [5.74, 6) is -2.23. The average Bonchev–Trinajstić information content (AvgIpc) is 2.65. The quantitative estimate of drug-likeness (QED) is 0.473. The van der Waals surface area contributed by atoms with E-state index in [0.717, 1.165) is 0 Å². The van der Waals surface area contributed by atoms with Gasteiger partial charge in [-0.2, -0.15) is 0 Å². The van der Waals surface area contributed by atoms with E-state index >= 15 is 0 Å². The number of hydrogen-bond acceptors (Lipinski definition) is 7. The number of carboxylic acid groups (broad SMARTS) is 1. The number of hydrogen-bond donors (Lipinski definition) is 3. The number of carboxylic acids is 1. The molecule has 4 atom stereocenters. The molecule has 8 nitrogen and oxygen atoms in total. The van der Waals surface area contributed by atoms with Crippen LogP contribution >= 0.6 is 11.8 Å². The number of aliphatic carboxylic acids is 1. The maximum absolute atomic E-state index is 12.1. The van der Waals surface area contributed by atoms with Crippen molar-refractivity contribution in [2.75, 3.05) is 18.9 Å². The number of nitrogens with two attached hydrogens (primary N) is 1. The molecule has 9 heteroatoms. The van der Waals surface area contributed by atoms with Gasteiger partial charge in [0.15, 0.2) is 6.10 Å². The van der Waals surface area contributed by atoms with Crippen molar-refractivity contribution in [1.82, 2.24) is 4.90 Å². The minimum absolute atomic E-state index is 0.0682. The van der Waals surface area contributed by atoms with E-state index in [1.807, 2.05) is 0 Å². The van der Waals surface area contributed by atoms with Crippen molar-refractivity contribution in [3.63, 3.8) is 0 Å². The van der Waals surface area contributed by atoms with Gasteiger partial charge in [-0.25, -0.2) is 4.79 Å². The molecule has 1 amide bonds. The van der Waals surface area contributed by atoms with Crippen molar-refractivity contribution < 1.29 is 29.3 Å². The molecule has 2 fully saturated rings. The fourth-order valence-electron chi connectivity index (χ4n) is 2.87. The Morgan fingerprint density at radius 3 is 2.72 bits per heavy atom. The number of nitrogens with zero attached hydrogens (tertiary/aromatic N) is 1. The van der Waals surface area contributed by atoms with Crippen LogP contribution < -0.4 is 5.73 Å². The summed E-state index contributed by atoms with van der Waals surface area (Å²) in [6, 6.07) is 7.60. The number of benzene rings is 1. The van der Waals surface area contributed by atoms with E-state index < -0.39 is 36.1 Å². The van der Waals surface area contributed by atoms with Crippen LogP contribution in [0.5, 0.6) is 0 Å². The summed E-state index contributed by atoms with van der Waals surface area (Å²) in [4.78, 5) is 37.0. The fraction of sp³-hybridized carbons (Fsp3) is 0.438. The molecule has 0 aromatic heterocycles. The lowest BCUT2D eigenvalue weighted by atomic mass is 9.88. The van der Waals surface area contributed by atoms with Gasteiger partial charge in [0, 0.05) is 12.3 Å². The smallest absolute Gasteiger partial charge is 0.339 e. The van der Waals surface area contributed by atoms with Gasteiger partial charge < -0.3 is 25.6 Å². The Labute approximate surface area is 147 Å². The molecule has 1 aromatic rings. The van der Waals surface area contributed by atoms with Crippen LogP contribution in [0.25, 0.3) is 0 Å². The molecule has 4 N–H and O–H groups in total. The lowest BCUT2D eigenvalue weighted by Gasteiger charge is -2.52. The van der Waals surface area contributed by atoms with Gasteiger partial charge in [0.05, 0.1) is 0 Å². The molecular weight excluding hydrogens is 348 g/mol. The molecule has 2 aliphatic rings. The number of aliphatic hydroxyl groups excluding tert-OH is 1. The Bertz CT molecular complexity index is 699. The van der Waals surface area contributed by atoms with Crippen LogP contribution in [0, 0.1) is 5.41 Å². The monoisotopic (exact) mass is 366 g/mol. The minimum atomic E-state index is -1.49. The zero-order valence-corrected chi connectivity index (χ0v) is 14.0. The lowest BCUT2D eigenvalue weighted by molar-refractivity contribution is -0.168. The van der Waals surface area contributed by atoms with Gasteiger partial charge in [0.2, 0.25) is 5.91 Å². The number of thioether (sulfide) groups is 1. The minimum Gasteiger partial charge on any atom is -0.481 e. The van der Waals surface area contributed by atoms with Crippen molar-refractivity contribution in [3.05, 3.63) is 35.9 Å². The van der Waals surface area contributed by atoms with E-state index in [9.17, 15) is 24.6 Å². The largest absolute Gasteiger partial charge is 0.481 e. The second-order valence-corrected chi connectivity index (χ2v) is 7.30. The molecule has 25 heavy (non-hydrogen) atoms. The Morgan fingerprint density at radius 1 is 1.40 bits per heavy atom. The topological polar surface area (TPSA) is 130 Å². The predicted molar refractivity (Wildman–Crippen MR) is 88.4 cm³/mol. The standard InChI is InChI=1S/C16H18N2O6S/c17-10-12(20)18-6-16(15(22)23,8-25-13(10)18)7-24-14(21)11(19)9-4-2-1-3-5-9/h1-5,10-11,13,19H,6-8,17H2,(H,22,23)/t10?,11?,13-,16?/m1/s1. The van der Waals surface area contributed by atoms with Crippen LogP contribution in [-0.4, -0.2) is 63.3 Å². The third-order valence-corrected chi connectivity index (χ3v) is 6.08. The number of carbonyl (C=O) groups excluding carboxylic acids is 2. The number of rotatable bonds is 5. The summed E-state index contributed by atoms with van der Waals surface area (Å²) in [5, 5.41) is 19.4. The van der Waals surface area contributed by atoms with Crippen molar-refractivity contribution in [2.45, 2.75) is 17.5 Å². The number of β-lactam (4-membered cyclic amide) rings is 1. The van der Waals surface area contributed by atoms with Crippen LogP contribution in [0.1, 0.15) is 11.7 Å². The van der Waals surface area contributed by atoms with E-state index in [1.165, 1.54) is 16.7 Å². The predicted octanol–water partition coefficient (Wildman–Crippen LogP) is -0.423. The SMILES string of the molecule is NC1C(=O)N2CC(COC(=O)C(O)c3ccccc3)(C(=O)O)CS[C@H]12. The summed E-state index contributed by atoms with van der Waals surface area (Å²) in [5.41, 5.74) is 4.64. The Kier molecular flexibility index (Phi) is 4.72. The molecule has 0 spiro atoms. The highest BCUT2D eigenvalue weighted by Gasteiger charge is 2.56. The van der Waals surface area contributed by atoms with Crippen LogP contribution in [-0.2, 0) is 19.1 Å². The van der Waals surface area contributed by atoms with Gasteiger partial charge in [-0.15, -0.1) is 11.8 Å². The van der Waals surface area contributed by atoms with E-state index in [4.69, 9.17) is 10.5 Å². The molecule has 0 saturated carbocycles. The summed E-state index contributed by atoms with van der Waals surface area (Å²) in [6.45, 7) is -0.495. The first-order valence-electron chi connectivity index (χ1n) is 7.66. The first kappa shape index (κ1) is 17.7. The van der Waals surface area contributed by atoms with E-state index in [0.29, 0.717) is 5.56 Å². The highest BCUT2D eigenvalue weighted by Crippen LogP contribution is 2.41. The lowest BCUT2D eigenvalue weighted by Crippen LogP contribution is -2.72. The van der Waals surface area contributed by atoms with Crippen molar-refractivity contribution in [2.24, 2.45) is 11.1 Å². The molecule has 3 rings (SSSR count). The molecular formula is C16H18N2O6S. The van der Waals surface area contributed by atoms with Crippen molar-refractivity contribution >= 4 is 29.6 Å². The number of aliphatic hydroxyl groups is 1. The van der Waals surface area contributed by atoms with Gasteiger partial charge in [0.1, 0.15) is 23.4 Å². The first-order valence-corrected chi connectivity index (χ1v) is 8.71. The molecule has 1 aromatic carbocycles. The summed E-state index contributed by atoms with van der Waals surface area (Å²) in [7, 11) is 0. The second kappa shape index (κ2) is 6.66. The summed E-state index contributed by atoms with van der Waals surface area (Å²) >= 11 is 1.26. The van der Waals surface area contributed by atoms with Crippen molar-refractivity contribution in [1.29, 1.82) is 0 Å². The van der Waals surface area contributed by atoms with E-state index in [-0.39, 0.29) is 23.6 Å². The van der Waals surface area contributed by atoms with Crippen LogP contribution in [0.15, 0.2) is 30.3 Å². The molecule has 134 valence electrons. The van der Waals surface area contributed by atoms with Crippen LogP contribution in [0.2, 0.25) is 0 Å². The number of ether oxygens (including phenoxy) is 1. The van der Waals surface area contributed by atoms with Gasteiger partial charge >= 0.3 is 11.9 Å². The van der Waals surface area contributed by atoms with Gasteiger partial charge in [-0.1, -0.05) is 30.3 Å². The molecule has 2 saturated heterocycles. The Hall–Kier alpha value is -2.10. The first-order chi connectivity index (χ1) is 11.9. The highest BCUT2D eigenvalue weighted by atomic mass is 32.2. The van der Waals surface area contributed by atoms with Gasteiger partial charge in [0.25, 0.3) is 0 Å². The molecule has 0 radical (unpaired) electrons. The second-order valence-electron chi connectivity index (χ2n) is 6.20. The van der Waals surface area contributed by atoms with Crippen LogP contribution in [0.3, 0.4) is 0 Å². The van der Waals surface area contributed by atoms with E-state index in [2.05, 4.69) is 0 Å². The Balaban J connectivity index is 1.66. The molecule has 3 unspecified atom stereocenters. The molecule has 0 bridgehead atoms. The molecule has 0 aliphatic carbocycles. The summed E-state index contributed by atoms with van der Waals surface area (Å²) < 4.78 is 5.08. The maximum atomic E-state index is 12.1. The zero-order chi connectivity index (χ0) is 18.2. The van der Waals surface area contributed by atoms with Crippen LogP contribution in [0.4, 0.5) is 0 Å². The van der Waals surface area contributed by atoms with E-state index in [1.54, 1.807) is 30.3 Å². The van der Waals surface area contributed by atoms with Gasteiger partial charge in [-0.05, 0) is 5.56 Å². The third kappa shape index (κ3) is 3.10. The summed E-state index contributed by atoms with van der Waals surface area (Å²) in [6.07, 6.45) is -1.49. The number of esters is 1. The fourth-order valence-corrected chi connectivity index (χ4v) is 4.34. The number of amides is 1. The zero-order valence-electron chi connectivity index (χ0n) is 13.2. The highest BCUT2D eigenvalue weighted by molar-refractivity contribution is 8.00. The maximum Gasteiger partial charge on any atom is 0.339 e. The van der Waals surface area contributed by atoms with Gasteiger partial charge in [-0.3, -0.25) is 9.59 Å². The number of fused-ring (bicyclic) bond motifs is 1. The number of carbonyl (C=O) groups is 3. The third-order valence-electron chi connectivity index (χ3n) is 4.47. The Morgan fingerprint density at radius 2 is 2.08 bits per heavy atom. The average molecular weight is 366 g/mol. The van der Waals surface area contributed by atoms with Crippen molar-refractivity contribution in [3.8, 4) is 0 Å². The molecule has 2 aliphatic heterocycles. The normalized spacial score (nSPS) is 29.4. The molecule has 2 heterocycles.